The summed E-state index contributed by atoms with van der Waals surface area (Å²) in [6.45, 7) is 2.85. The highest BCUT2D eigenvalue weighted by Gasteiger charge is 2.23. The van der Waals surface area contributed by atoms with Crippen LogP contribution in [0.15, 0.2) is 24.3 Å². The highest BCUT2D eigenvalue weighted by Crippen LogP contribution is 2.32. The second kappa shape index (κ2) is 3.99. The van der Waals surface area contributed by atoms with Crippen LogP contribution in [0.1, 0.15) is 18.5 Å². The second-order valence-electron chi connectivity index (χ2n) is 3.35. The number of halogens is 1. The summed E-state index contributed by atoms with van der Waals surface area (Å²) >= 11 is 0. The third kappa shape index (κ3) is 1.79. The number of fused-ring (bicyclic) bond motifs is 1. The monoisotopic (exact) mass is 199 g/mol. The predicted octanol–water partition coefficient (Wildman–Crippen LogP) is 2.14. The summed E-state index contributed by atoms with van der Waals surface area (Å²) in [6, 6.07) is 8.12. The van der Waals surface area contributed by atoms with Crippen LogP contribution in [0.2, 0.25) is 0 Å². The molecule has 0 saturated carbocycles. The molecule has 2 rings (SSSR count). The summed E-state index contributed by atoms with van der Waals surface area (Å²) < 4.78 is 5.53. The number of nitrogens with two attached hydrogens (primary N) is 1. The van der Waals surface area contributed by atoms with E-state index in [2.05, 4.69) is 6.92 Å². The van der Waals surface area contributed by atoms with Gasteiger partial charge in [-0.3, -0.25) is 0 Å². The fraction of sp³-hybridized carbons (Fsp3) is 0.400. The van der Waals surface area contributed by atoms with Gasteiger partial charge in [0.05, 0.1) is 6.61 Å². The summed E-state index contributed by atoms with van der Waals surface area (Å²) in [5.74, 6) is 1.36. The summed E-state index contributed by atoms with van der Waals surface area (Å²) in [5.41, 5.74) is 7.15. The van der Waals surface area contributed by atoms with Crippen LogP contribution in [0.25, 0.3) is 0 Å². The van der Waals surface area contributed by atoms with Crippen LogP contribution in [0.4, 0.5) is 0 Å². The molecule has 72 valence electrons. The van der Waals surface area contributed by atoms with Crippen molar-refractivity contribution in [3.05, 3.63) is 29.8 Å². The molecule has 1 aliphatic heterocycles. The molecule has 0 amide bonds. The van der Waals surface area contributed by atoms with Gasteiger partial charge in [0.1, 0.15) is 5.75 Å². The van der Waals surface area contributed by atoms with E-state index in [1.54, 1.807) is 0 Å². The van der Waals surface area contributed by atoms with Crippen LogP contribution >= 0.6 is 12.4 Å². The van der Waals surface area contributed by atoms with Crippen molar-refractivity contribution in [2.75, 3.05) is 6.61 Å². The van der Waals surface area contributed by atoms with Gasteiger partial charge < -0.3 is 10.5 Å². The van der Waals surface area contributed by atoms with Crippen molar-refractivity contribution in [1.82, 2.24) is 0 Å². The van der Waals surface area contributed by atoms with Crippen LogP contribution in [-0.4, -0.2) is 6.61 Å². The first-order chi connectivity index (χ1) is 5.79. The topological polar surface area (TPSA) is 35.2 Å². The molecule has 0 spiro atoms. The number of ether oxygens (including phenoxy) is 1. The molecule has 2 nitrogen and oxygen atoms in total. The first-order valence-corrected chi connectivity index (χ1v) is 4.26. The Morgan fingerprint density at radius 1 is 1.38 bits per heavy atom. The van der Waals surface area contributed by atoms with Gasteiger partial charge in [-0.1, -0.05) is 25.1 Å². The molecule has 0 bridgehead atoms. The maximum Gasteiger partial charge on any atom is 0.124 e. The lowest BCUT2D eigenvalue weighted by atomic mass is 9.93. The summed E-state index contributed by atoms with van der Waals surface area (Å²) in [5, 5.41) is 0. The zero-order valence-electron chi connectivity index (χ0n) is 7.57. The Bertz CT molecular complexity index is 290. The van der Waals surface area contributed by atoms with Crippen molar-refractivity contribution in [1.29, 1.82) is 0 Å². The van der Waals surface area contributed by atoms with Gasteiger partial charge in [-0.25, -0.2) is 0 Å². The van der Waals surface area contributed by atoms with Gasteiger partial charge in [-0.15, -0.1) is 12.4 Å². The van der Waals surface area contributed by atoms with Gasteiger partial charge in [-0.2, -0.15) is 0 Å². The number of benzene rings is 1. The normalized spacial score (nSPS) is 25.4. The molecule has 0 aromatic heterocycles. The first-order valence-electron chi connectivity index (χ1n) is 4.26. The van der Waals surface area contributed by atoms with E-state index in [0.717, 1.165) is 17.9 Å². The molecule has 1 aliphatic rings. The molecule has 2 atom stereocenters. The molecular weight excluding hydrogens is 186 g/mol. The average Bonchev–Trinajstić information content (AvgIpc) is 2.12. The Labute approximate surface area is 84.5 Å². The zero-order valence-corrected chi connectivity index (χ0v) is 8.38. The maximum atomic E-state index is 6.01. The molecule has 1 heterocycles. The highest BCUT2D eigenvalue weighted by atomic mass is 35.5. The SMILES string of the molecule is C[C@@H]1COc2ccccc2[C@@H]1N.Cl. The van der Waals surface area contributed by atoms with Crippen molar-refractivity contribution in [2.24, 2.45) is 11.7 Å². The molecule has 3 heteroatoms. The molecule has 0 fully saturated rings. The largest absolute Gasteiger partial charge is 0.493 e. The van der Waals surface area contributed by atoms with Gasteiger partial charge in [-0.05, 0) is 6.07 Å². The van der Waals surface area contributed by atoms with E-state index in [-0.39, 0.29) is 18.4 Å². The molecule has 2 N–H and O–H groups in total. The van der Waals surface area contributed by atoms with Crippen molar-refractivity contribution < 1.29 is 4.74 Å². The van der Waals surface area contributed by atoms with E-state index in [1.165, 1.54) is 0 Å². The predicted molar refractivity (Wildman–Crippen MR) is 55.3 cm³/mol. The second-order valence-corrected chi connectivity index (χ2v) is 3.35. The van der Waals surface area contributed by atoms with E-state index in [9.17, 15) is 0 Å². The van der Waals surface area contributed by atoms with Crippen LogP contribution in [-0.2, 0) is 0 Å². The molecule has 0 aliphatic carbocycles. The van der Waals surface area contributed by atoms with Gasteiger partial charge in [0.15, 0.2) is 0 Å². The lowest BCUT2D eigenvalue weighted by Crippen LogP contribution is -2.29. The minimum absolute atomic E-state index is 0. The molecule has 1 aromatic rings. The lowest BCUT2D eigenvalue weighted by molar-refractivity contribution is 0.207. The quantitative estimate of drug-likeness (QED) is 0.695. The molecule has 13 heavy (non-hydrogen) atoms. The molecule has 0 saturated heterocycles. The Kier molecular flexibility index (Phi) is 3.17. The third-order valence-electron chi connectivity index (χ3n) is 2.39. The van der Waals surface area contributed by atoms with E-state index in [1.807, 2.05) is 24.3 Å². The van der Waals surface area contributed by atoms with Crippen LogP contribution in [0.3, 0.4) is 0 Å². The summed E-state index contributed by atoms with van der Waals surface area (Å²) in [6.07, 6.45) is 0. The van der Waals surface area contributed by atoms with Gasteiger partial charge in [0, 0.05) is 17.5 Å². The Morgan fingerprint density at radius 2 is 2.08 bits per heavy atom. The van der Waals surface area contributed by atoms with Gasteiger partial charge in [0.25, 0.3) is 0 Å². The minimum Gasteiger partial charge on any atom is -0.493 e. The van der Waals surface area contributed by atoms with E-state index in [4.69, 9.17) is 10.5 Å². The summed E-state index contributed by atoms with van der Waals surface area (Å²) in [7, 11) is 0. The van der Waals surface area contributed by atoms with Crippen molar-refractivity contribution >= 4 is 12.4 Å². The van der Waals surface area contributed by atoms with Crippen molar-refractivity contribution in [2.45, 2.75) is 13.0 Å². The standard InChI is InChI=1S/C10H13NO.ClH/c1-7-6-12-9-5-3-2-4-8(9)10(7)11;/h2-5,7,10H,6,11H2,1H3;1H/t7-,10-;/m1./s1. The minimum atomic E-state index is 0. The van der Waals surface area contributed by atoms with E-state index < -0.39 is 0 Å². The molecular formula is C10H14ClNO. The van der Waals surface area contributed by atoms with Crippen LogP contribution in [0, 0.1) is 5.92 Å². The number of para-hydroxylation sites is 1. The van der Waals surface area contributed by atoms with Crippen LogP contribution in [0.5, 0.6) is 5.75 Å². The molecule has 1 aromatic carbocycles. The van der Waals surface area contributed by atoms with Crippen molar-refractivity contribution in [3.63, 3.8) is 0 Å². The fourth-order valence-corrected chi connectivity index (χ4v) is 1.52. The summed E-state index contributed by atoms with van der Waals surface area (Å²) in [4.78, 5) is 0. The Morgan fingerprint density at radius 3 is 2.85 bits per heavy atom. The van der Waals surface area contributed by atoms with Crippen molar-refractivity contribution in [3.8, 4) is 5.75 Å². The molecule has 0 radical (unpaired) electrons. The highest BCUT2D eigenvalue weighted by molar-refractivity contribution is 5.85. The Balaban J connectivity index is 0.000000845. The average molecular weight is 200 g/mol. The first kappa shape index (κ1) is 10.4. The third-order valence-corrected chi connectivity index (χ3v) is 2.39. The number of hydrogen-bond acceptors (Lipinski definition) is 2. The number of hydrogen-bond donors (Lipinski definition) is 1. The van der Waals surface area contributed by atoms with Gasteiger partial charge in [0.2, 0.25) is 0 Å². The number of rotatable bonds is 0. The smallest absolute Gasteiger partial charge is 0.124 e. The molecule has 0 unspecified atom stereocenters. The fourth-order valence-electron chi connectivity index (χ4n) is 1.52. The maximum absolute atomic E-state index is 6.01. The lowest BCUT2D eigenvalue weighted by Gasteiger charge is -2.28. The van der Waals surface area contributed by atoms with Gasteiger partial charge >= 0.3 is 0 Å². The van der Waals surface area contributed by atoms with E-state index in [0.29, 0.717) is 5.92 Å². The van der Waals surface area contributed by atoms with Crippen LogP contribution < -0.4 is 10.5 Å². The zero-order chi connectivity index (χ0) is 8.55. The Hall–Kier alpha value is -0.730. The van der Waals surface area contributed by atoms with E-state index >= 15 is 0 Å².